The molecule has 2 aliphatic carbocycles. The van der Waals surface area contributed by atoms with Crippen molar-refractivity contribution in [1.29, 1.82) is 0 Å². The van der Waals surface area contributed by atoms with Crippen LogP contribution in [0.15, 0.2) is 29.2 Å². The lowest BCUT2D eigenvalue weighted by Gasteiger charge is -2.36. The van der Waals surface area contributed by atoms with Crippen molar-refractivity contribution < 1.29 is 13.2 Å². The molecule has 1 aromatic carbocycles. The first-order chi connectivity index (χ1) is 14.4. The Morgan fingerprint density at radius 2 is 1.60 bits per heavy atom. The largest absolute Gasteiger partial charge is 0.369 e. The van der Waals surface area contributed by atoms with Gasteiger partial charge in [-0.05, 0) is 75.9 Å². The van der Waals surface area contributed by atoms with E-state index in [-0.39, 0.29) is 23.9 Å². The summed E-state index contributed by atoms with van der Waals surface area (Å²) in [5.41, 5.74) is 6.54. The van der Waals surface area contributed by atoms with Crippen LogP contribution in [0.25, 0.3) is 0 Å². The van der Waals surface area contributed by atoms with E-state index in [0.717, 1.165) is 63.6 Å². The van der Waals surface area contributed by atoms with Crippen molar-refractivity contribution in [3.8, 4) is 0 Å². The van der Waals surface area contributed by atoms with E-state index in [4.69, 9.17) is 5.73 Å². The maximum atomic E-state index is 13.5. The number of carbonyl (C=O) groups is 1. The predicted octanol–water partition coefficient (Wildman–Crippen LogP) is 3.08. The van der Waals surface area contributed by atoms with Gasteiger partial charge in [0, 0.05) is 12.1 Å². The summed E-state index contributed by atoms with van der Waals surface area (Å²) in [6.07, 6.45) is 9.20. The zero-order valence-electron chi connectivity index (χ0n) is 18.0. The van der Waals surface area contributed by atoms with Gasteiger partial charge >= 0.3 is 0 Å². The minimum absolute atomic E-state index is 0.0825. The highest BCUT2D eigenvalue weighted by Crippen LogP contribution is 2.38. The molecule has 4 rings (SSSR count). The third-order valence-electron chi connectivity index (χ3n) is 7.20. The van der Waals surface area contributed by atoms with E-state index < -0.39 is 10.0 Å². The van der Waals surface area contributed by atoms with Crippen LogP contribution >= 0.6 is 0 Å². The summed E-state index contributed by atoms with van der Waals surface area (Å²) in [5.74, 6) is -0.109. The Morgan fingerprint density at radius 3 is 2.13 bits per heavy atom. The summed E-state index contributed by atoms with van der Waals surface area (Å²) in [6.45, 7) is 1.87. The lowest BCUT2D eigenvalue weighted by atomic mass is 9.87. The van der Waals surface area contributed by atoms with E-state index in [0.29, 0.717) is 10.8 Å². The number of hydrogen-bond donors (Lipinski definition) is 1. The van der Waals surface area contributed by atoms with Crippen molar-refractivity contribution in [3.63, 3.8) is 0 Å². The number of nitrogens with two attached hydrogens (primary N) is 1. The van der Waals surface area contributed by atoms with Gasteiger partial charge in [-0.2, -0.15) is 4.31 Å². The Kier molecular flexibility index (Phi) is 6.51. The van der Waals surface area contributed by atoms with Gasteiger partial charge in [-0.3, -0.25) is 4.79 Å². The Labute approximate surface area is 180 Å². The molecule has 1 amide bonds. The maximum Gasteiger partial charge on any atom is 0.243 e. The SMILES string of the molecule is CN1CCC(N(C2CC2)S(=O)(=O)c2ccc(C(CC3CCCC3)C(N)=O)cc2)CC1. The number of likely N-dealkylation sites (tertiary alicyclic amines) is 1. The average molecular weight is 434 g/mol. The van der Waals surface area contributed by atoms with E-state index in [2.05, 4.69) is 11.9 Å². The van der Waals surface area contributed by atoms with Crippen molar-refractivity contribution in [3.05, 3.63) is 29.8 Å². The normalized spacial score (nSPS) is 23.1. The van der Waals surface area contributed by atoms with Gasteiger partial charge in [-0.25, -0.2) is 8.42 Å². The molecular weight excluding hydrogens is 398 g/mol. The van der Waals surface area contributed by atoms with Gasteiger partial charge in [-0.1, -0.05) is 37.8 Å². The fourth-order valence-electron chi connectivity index (χ4n) is 5.26. The van der Waals surface area contributed by atoms with Crippen LogP contribution in [0.1, 0.15) is 69.3 Å². The lowest BCUT2D eigenvalue weighted by molar-refractivity contribution is -0.119. The second-order valence-electron chi connectivity index (χ2n) is 9.51. The summed E-state index contributed by atoms with van der Waals surface area (Å²) < 4.78 is 28.8. The van der Waals surface area contributed by atoms with Gasteiger partial charge in [0.1, 0.15) is 0 Å². The topological polar surface area (TPSA) is 83.7 Å². The second-order valence-corrected chi connectivity index (χ2v) is 11.4. The molecule has 1 unspecified atom stereocenters. The summed E-state index contributed by atoms with van der Waals surface area (Å²) in [4.78, 5) is 14.7. The van der Waals surface area contributed by atoms with E-state index in [1.54, 1.807) is 28.6 Å². The highest BCUT2D eigenvalue weighted by molar-refractivity contribution is 7.89. The van der Waals surface area contributed by atoms with Crippen molar-refractivity contribution in [2.45, 2.75) is 80.7 Å². The molecule has 0 spiro atoms. The number of benzene rings is 1. The molecule has 1 atom stereocenters. The molecule has 3 aliphatic rings. The number of sulfonamides is 1. The van der Waals surface area contributed by atoms with Gasteiger partial charge in [-0.15, -0.1) is 0 Å². The summed E-state index contributed by atoms with van der Waals surface area (Å²) >= 11 is 0. The van der Waals surface area contributed by atoms with Gasteiger partial charge in [0.15, 0.2) is 0 Å². The summed E-state index contributed by atoms with van der Waals surface area (Å²) in [6, 6.07) is 7.19. The number of piperidine rings is 1. The molecule has 6 nitrogen and oxygen atoms in total. The molecule has 3 fully saturated rings. The first-order valence-electron chi connectivity index (χ1n) is 11.5. The standard InChI is InChI=1S/C23H35N3O3S/c1-25-14-12-20(13-15-25)26(19-8-9-19)30(28,29)21-10-6-18(7-11-21)22(23(24)27)16-17-4-2-3-5-17/h6-7,10-11,17,19-20,22H,2-5,8-9,12-16H2,1H3,(H2,24,27). The van der Waals surface area contributed by atoms with Gasteiger partial charge in [0.25, 0.3) is 0 Å². The smallest absolute Gasteiger partial charge is 0.243 e. The van der Waals surface area contributed by atoms with E-state index in [9.17, 15) is 13.2 Å². The van der Waals surface area contributed by atoms with Crippen LogP contribution in [-0.2, 0) is 14.8 Å². The minimum Gasteiger partial charge on any atom is -0.369 e. The van der Waals surface area contributed by atoms with Crippen molar-refractivity contribution in [2.75, 3.05) is 20.1 Å². The Morgan fingerprint density at radius 1 is 1.03 bits per heavy atom. The number of amides is 1. The van der Waals surface area contributed by atoms with Crippen molar-refractivity contribution >= 4 is 15.9 Å². The summed E-state index contributed by atoms with van der Waals surface area (Å²) in [7, 11) is -1.45. The van der Waals surface area contributed by atoms with Gasteiger partial charge in [0.2, 0.25) is 15.9 Å². The van der Waals surface area contributed by atoms with E-state index in [1.807, 2.05) is 0 Å². The fraction of sp³-hybridized carbons (Fsp3) is 0.696. The highest BCUT2D eigenvalue weighted by Gasteiger charge is 2.43. The van der Waals surface area contributed by atoms with Gasteiger partial charge in [0.05, 0.1) is 10.8 Å². The first kappa shape index (κ1) is 21.8. The third-order valence-corrected chi connectivity index (χ3v) is 9.22. The van der Waals surface area contributed by atoms with Crippen LogP contribution in [0.2, 0.25) is 0 Å². The number of primary amides is 1. The molecule has 7 heteroatoms. The Hall–Kier alpha value is -1.44. The molecule has 30 heavy (non-hydrogen) atoms. The molecule has 1 aromatic rings. The average Bonchev–Trinajstić information content (AvgIpc) is 3.41. The van der Waals surface area contributed by atoms with Crippen LogP contribution < -0.4 is 5.73 Å². The second kappa shape index (κ2) is 8.97. The molecule has 1 aliphatic heterocycles. The lowest BCUT2D eigenvalue weighted by Crippen LogP contribution is -2.47. The molecule has 166 valence electrons. The molecule has 0 bridgehead atoms. The van der Waals surface area contributed by atoms with Crippen molar-refractivity contribution in [1.82, 2.24) is 9.21 Å². The maximum absolute atomic E-state index is 13.5. The quantitative estimate of drug-likeness (QED) is 0.683. The van der Waals surface area contributed by atoms with Crippen LogP contribution in [-0.4, -0.2) is 55.8 Å². The zero-order chi connectivity index (χ0) is 21.3. The van der Waals surface area contributed by atoms with Crippen LogP contribution in [0.5, 0.6) is 0 Å². The molecule has 1 saturated heterocycles. The number of carbonyl (C=O) groups excluding carboxylic acids is 1. The minimum atomic E-state index is -3.54. The predicted molar refractivity (Wildman–Crippen MR) is 118 cm³/mol. The Bertz CT molecular complexity index is 837. The first-order valence-corrected chi connectivity index (χ1v) is 12.9. The molecule has 0 aromatic heterocycles. The van der Waals surface area contributed by atoms with E-state index >= 15 is 0 Å². The number of nitrogens with zero attached hydrogens (tertiary/aromatic N) is 2. The fourth-order valence-corrected chi connectivity index (χ4v) is 7.19. The van der Waals surface area contributed by atoms with Crippen LogP contribution in [0.3, 0.4) is 0 Å². The summed E-state index contributed by atoms with van der Waals surface area (Å²) in [5, 5.41) is 0. The van der Waals surface area contributed by atoms with Crippen LogP contribution in [0, 0.1) is 5.92 Å². The molecule has 0 radical (unpaired) electrons. The molecular formula is C23H35N3O3S. The Balaban J connectivity index is 1.53. The third kappa shape index (κ3) is 4.73. The highest BCUT2D eigenvalue weighted by atomic mass is 32.2. The van der Waals surface area contributed by atoms with E-state index in [1.165, 1.54) is 12.8 Å². The number of rotatable bonds is 8. The van der Waals surface area contributed by atoms with Crippen LogP contribution in [0.4, 0.5) is 0 Å². The molecule has 2 saturated carbocycles. The van der Waals surface area contributed by atoms with Crippen molar-refractivity contribution in [2.24, 2.45) is 11.7 Å². The number of hydrogen-bond acceptors (Lipinski definition) is 4. The monoisotopic (exact) mass is 433 g/mol. The molecule has 1 heterocycles. The molecule has 2 N–H and O–H groups in total. The zero-order valence-corrected chi connectivity index (χ0v) is 18.8. The van der Waals surface area contributed by atoms with Gasteiger partial charge < -0.3 is 10.6 Å².